The fourth-order valence-corrected chi connectivity index (χ4v) is 8.45. The Labute approximate surface area is 298 Å². The van der Waals surface area contributed by atoms with Gasteiger partial charge in [-0.05, 0) is 72.8 Å². The van der Waals surface area contributed by atoms with Crippen molar-refractivity contribution < 1.29 is 0 Å². The summed E-state index contributed by atoms with van der Waals surface area (Å²) >= 11 is 0. The predicted molar refractivity (Wildman–Crippen MR) is 215 cm³/mol. The van der Waals surface area contributed by atoms with Gasteiger partial charge in [0.05, 0.1) is 44.0 Å². The van der Waals surface area contributed by atoms with Gasteiger partial charge in [0.2, 0.25) is 0 Å². The number of hydrogen-bond donors (Lipinski definition) is 0. The molecule has 52 heavy (non-hydrogen) atoms. The van der Waals surface area contributed by atoms with Crippen LogP contribution in [0.5, 0.6) is 0 Å². The fraction of sp³-hybridized carbons (Fsp3) is 0. The maximum absolute atomic E-state index is 15.3. The molecule has 0 saturated heterocycles. The van der Waals surface area contributed by atoms with Gasteiger partial charge >= 0.3 is 0 Å². The minimum absolute atomic E-state index is 0.0506. The molecule has 7 aromatic carbocycles. The first-order valence-corrected chi connectivity index (χ1v) is 17.6. The third-order valence-corrected chi connectivity index (χ3v) is 10.5. The SMILES string of the molecule is O=c1c2c3ccccc3n(-c3ccccc3)c2c2c3ccccc3n(-c3ccc4c(c3)c3ccccc3n4-c3ccccc3)c2n1-c1ccccc1. The fourth-order valence-electron chi connectivity index (χ4n) is 8.45. The summed E-state index contributed by atoms with van der Waals surface area (Å²) < 4.78 is 8.83. The lowest BCUT2D eigenvalue weighted by atomic mass is 10.1. The smallest absolute Gasteiger partial charge is 0.266 e. The molecule has 4 heterocycles. The monoisotopic (exact) mass is 666 g/mol. The van der Waals surface area contributed by atoms with Gasteiger partial charge in [-0.25, -0.2) is 0 Å². The summed E-state index contributed by atoms with van der Waals surface area (Å²) in [5.74, 6) is 0. The zero-order valence-electron chi connectivity index (χ0n) is 28.0. The maximum Gasteiger partial charge on any atom is 0.266 e. The molecule has 4 aromatic heterocycles. The van der Waals surface area contributed by atoms with Crippen LogP contribution in [-0.4, -0.2) is 18.3 Å². The Kier molecular flexibility index (Phi) is 6.04. The molecule has 0 aliphatic rings. The Morgan fingerprint density at radius 2 is 0.750 bits per heavy atom. The highest BCUT2D eigenvalue weighted by molar-refractivity contribution is 6.25. The highest BCUT2D eigenvalue weighted by Crippen LogP contribution is 2.42. The van der Waals surface area contributed by atoms with E-state index >= 15 is 4.79 Å². The molecule has 0 aliphatic heterocycles. The van der Waals surface area contributed by atoms with Crippen molar-refractivity contribution in [2.45, 2.75) is 0 Å². The molecule has 5 nitrogen and oxygen atoms in total. The van der Waals surface area contributed by atoms with E-state index in [4.69, 9.17) is 0 Å². The van der Waals surface area contributed by atoms with Gasteiger partial charge in [-0.3, -0.25) is 13.9 Å². The summed E-state index contributed by atoms with van der Waals surface area (Å²) in [5.41, 5.74) is 9.94. The molecule has 0 amide bonds. The molecule has 11 rings (SSSR count). The summed E-state index contributed by atoms with van der Waals surface area (Å²) in [6, 6.07) is 63.1. The number of para-hydroxylation sites is 6. The van der Waals surface area contributed by atoms with Crippen LogP contribution in [0.15, 0.2) is 187 Å². The zero-order valence-corrected chi connectivity index (χ0v) is 28.0. The first-order valence-electron chi connectivity index (χ1n) is 17.6. The van der Waals surface area contributed by atoms with Gasteiger partial charge in [0.25, 0.3) is 5.56 Å². The van der Waals surface area contributed by atoms with Crippen molar-refractivity contribution in [3.05, 3.63) is 192 Å². The van der Waals surface area contributed by atoms with E-state index in [9.17, 15) is 0 Å². The third-order valence-electron chi connectivity index (χ3n) is 10.5. The van der Waals surface area contributed by atoms with E-state index in [0.717, 1.165) is 77.5 Å². The van der Waals surface area contributed by atoms with Gasteiger partial charge in [0.15, 0.2) is 0 Å². The van der Waals surface area contributed by atoms with E-state index in [0.29, 0.717) is 5.39 Å². The molecular formula is C47H30N4O. The van der Waals surface area contributed by atoms with Gasteiger partial charge in [0, 0.05) is 38.6 Å². The molecule has 0 spiro atoms. The number of aromatic nitrogens is 4. The first kappa shape index (κ1) is 28.7. The standard InChI is InChI=1S/C47H30N4O/c52-47-44-37-24-12-14-26-40(37)49(32-18-6-2-7-19-32)45(44)43-36-23-11-15-27-41(36)50(46(43)51(47)33-20-8-3-9-21-33)34-28-29-42-38(30-34)35-22-10-13-25-39(35)48(42)31-16-4-1-5-17-31/h1-30H. The predicted octanol–water partition coefficient (Wildman–Crippen LogP) is 11.1. The molecule has 0 unspecified atom stereocenters. The van der Waals surface area contributed by atoms with E-state index in [1.807, 2.05) is 47.0 Å². The molecular weight excluding hydrogens is 637 g/mol. The van der Waals surface area contributed by atoms with Gasteiger partial charge in [-0.15, -0.1) is 0 Å². The normalized spacial score (nSPS) is 11.9. The number of nitrogens with zero attached hydrogens (tertiary/aromatic N) is 4. The number of fused-ring (bicyclic) bond motifs is 10. The molecule has 0 N–H and O–H groups in total. The molecule has 0 atom stereocenters. The van der Waals surface area contributed by atoms with Crippen molar-refractivity contribution >= 4 is 65.5 Å². The molecule has 0 bridgehead atoms. The third kappa shape index (κ3) is 3.90. The van der Waals surface area contributed by atoms with E-state index < -0.39 is 0 Å². The Hall–Kier alpha value is -7.11. The summed E-state index contributed by atoms with van der Waals surface area (Å²) in [4.78, 5) is 15.3. The molecule has 5 heteroatoms. The van der Waals surface area contributed by atoms with Crippen LogP contribution in [-0.2, 0) is 0 Å². The maximum atomic E-state index is 15.3. The summed E-state index contributed by atoms with van der Waals surface area (Å²) in [7, 11) is 0. The van der Waals surface area contributed by atoms with Crippen molar-refractivity contribution in [1.29, 1.82) is 0 Å². The van der Waals surface area contributed by atoms with Crippen LogP contribution in [0.2, 0.25) is 0 Å². The van der Waals surface area contributed by atoms with Gasteiger partial charge < -0.3 is 9.13 Å². The summed E-state index contributed by atoms with van der Waals surface area (Å²) in [5, 5.41) is 6.08. The number of rotatable bonds is 4. The Morgan fingerprint density at radius 3 is 1.37 bits per heavy atom. The van der Waals surface area contributed by atoms with Crippen LogP contribution in [0.4, 0.5) is 0 Å². The molecule has 0 aliphatic carbocycles. The second-order valence-corrected chi connectivity index (χ2v) is 13.3. The zero-order chi connectivity index (χ0) is 34.3. The van der Waals surface area contributed by atoms with Crippen LogP contribution < -0.4 is 5.56 Å². The average Bonchev–Trinajstić information content (AvgIpc) is 3.85. The molecule has 0 fully saturated rings. The summed E-state index contributed by atoms with van der Waals surface area (Å²) in [6.45, 7) is 0. The minimum atomic E-state index is -0.0506. The van der Waals surface area contributed by atoms with Gasteiger partial charge in [-0.2, -0.15) is 0 Å². The van der Waals surface area contributed by atoms with Crippen LogP contribution >= 0.6 is 0 Å². The Balaban J connectivity index is 1.36. The lowest BCUT2D eigenvalue weighted by Gasteiger charge is -2.16. The molecule has 244 valence electrons. The van der Waals surface area contributed by atoms with E-state index in [2.05, 4.69) is 153 Å². The largest absolute Gasteiger partial charge is 0.309 e. The Bertz CT molecular complexity index is 3240. The topological polar surface area (TPSA) is 36.8 Å². The lowest BCUT2D eigenvalue weighted by molar-refractivity contribution is 0.996. The molecule has 0 radical (unpaired) electrons. The van der Waals surface area contributed by atoms with Gasteiger partial charge in [0.1, 0.15) is 5.65 Å². The van der Waals surface area contributed by atoms with Crippen LogP contribution in [0, 0.1) is 0 Å². The highest BCUT2D eigenvalue weighted by Gasteiger charge is 2.27. The number of hydrogen-bond acceptors (Lipinski definition) is 1. The van der Waals surface area contributed by atoms with Crippen LogP contribution in [0.1, 0.15) is 0 Å². The lowest BCUT2D eigenvalue weighted by Crippen LogP contribution is -2.20. The van der Waals surface area contributed by atoms with E-state index in [1.165, 1.54) is 5.39 Å². The average molecular weight is 667 g/mol. The van der Waals surface area contributed by atoms with E-state index in [1.54, 1.807) is 0 Å². The van der Waals surface area contributed by atoms with Crippen molar-refractivity contribution in [1.82, 2.24) is 18.3 Å². The van der Waals surface area contributed by atoms with Crippen molar-refractivity contribution in [2.24, 2.45) is 0 Å². The van der Waals surface area contributed by atoms with Gasteiger partial charge in [-0.1, -0.05) is 109 Å². The molecule has 11 aromatic rings. The second kappa shape index (κ2) is 10.9. The minimum Gasteiger partial charge on any atom is -0.309 e. The van der Waals surface area contributed by atoms with Crippen molar-refractivity contribution in [2.75, 3.05) is 0 Å². The van der Waals surface area contributed by atoms with Crippen LogP contribution in [0.25, 0.3) is 88.3 Å². The second-order valence-electron chi connectivity index (χ2n) is 13.3. The number of pyridine rings is 1. The Morgan fingerprint density at radius 1 is 0.308 bits per heavy atom. The van der Waals surface area contributed by atoms with Crippen molar-refractivity contribution in [3.63, 3.8) is 0 Å². The van der Waals surface area contributed by atoms with E-state index in [-0.39, 0.29) is 5.56 Å². The first-order chi connectivity index (χ1) is 25.8. The summed E-state index contributed by atoms with van der Waals surface area (Å²) in [6.07, 6.45) is 0. The highest BCUT2D eigenvalue weighted by atomic mass is 16.1. The quantitative estimate of drug-likeness (QED) is 0.184. The van der Waals surface area contributed by atoms with Crippen LogP contribution in [0.3, 0.4) is 0 Å². The number of benzene rings is 7. The molecule has 0 saturated carbocycles. The van der Waals surface area contributed by atoms with Crippen molar-refractivity contribution in [3.8, 4) is 22.7 Å².